The molecule has 0 spiro atoms. The molecule has 2 amide bonds. The number of carbonyl (C=O) groups excluding carboxylic acids is 1. The molecule has 0 aliphatic heterocycles. The first kappa shape index (κ1) is 25.2. The van der Waals surface area contributed by atoms with Crippen LogP contribution in [-0.2, 0) is 19.0 Å². The lowest BCUT2D eigenvalue weighted by Crippen LogP contribution is -2.24. The molecule has 0 aliphatic rings. The van der Waals surface area contributed by atoms with E-state index in [1.165, 1.54) is 0 Å². The topological polar surface area (TPSA) is 118 Å². The lowest BCUT2D eigenvalue weighted by atomic mass is 10.3. The van der Waals surface area contributed by atoms with Crippen molar-refractivity contribution in [2.45, 2.75) is 0 Å². The van der Waals surface area contributed by atoms with Gasteiger partial charge in [-0.05, 0) is 36.4 Å². The highest BCUT2D eigenvalue weighted by atomic mass is 32.2. The molecule has 0 fully saturated rings. The molecule has 0 atom stereocenters. The Morgan fingerprint density at radius 2 is 1.32 bits per heavy atom. The first-order chi connectivity index (χ1) is 13.3. The lowest BCUT2D eigenvalue weighted by Gasteiger charge is -2.03. The standard InChI is InChI=1S/C14H14N4O.C2H6O3S.C2H6O/c1-15-14(19)16-11-7-9-13(10-8-11)18-17-12-5-3-2-4-6-12;1-5-6(2,3)4;1-3-2/h2-10H,1H3,(H2,15,16,19);1-2H3;1-2H3. The number of benzene rings is 2. The smallest absolute Gasteiger partial charge is 0.318 e. The number of ether oxygens (including phenoxy) is 1. The molecule has 2 aromatic rings. The molecule has 0 saturated heterocycles. The molecule has 0 aliphatic carbocycles. The Morgan fingerprint density at radius 1 is 0.893 bits per heavy atom. The maximum absolute atomic E-state index is 11.1. The van der Waals surface area contributed by atoms with E-state index in [1.807, 2.05) is 30.3 Å². The Hall–Kier alpha value is -2.82. The maximum Gasteiger partial charge on any atom is 0.318 e. The van der Waals surface area contributed by atoms with Crippen LogP contribution in [0.15, 0.2) is 64.8 Å². The number of methoxy groups -OCH3 is 1. The molecule has 0 unspecified atom stereocenters. The summed E-state index contributed by atoms with van der Waals surface area (Å²) in [6.07, 6.45) is 0.993. The molecule has 2 rings (SSSR count). The highest BCUT2D eigenvalue weighted by molar-refractivity contribution is 7.85. The number of carbonyl (C=O) groups is 1. The van der Waals surface area contributed by atoms with Crippen LogP contribution in [0.5, 0.6) is 0 Å². The normalized spacial score (nSPS) is 10.2. The summed E-state index contributed by atoms with van der Waals surface area (Å²) in [5.41, 5.74) is 2.24. The van der Waals surface area contributed by atoms with Gasteiger partial charge in [0.15, 0.2) is 0 Å². The van der Waals surface area contributed by atoms with Crippen LogP contribution in [0.25, 0.3) is 0 Å². The fourth-order valence-corrected chi connectivity index (χ4v) is 1.42. The molecular formula is C18H26N4O5S. The first-order valence-electron chi connectivity index (χ1n) is 7.97. The number of azo groups is 1. The minimum atomic E-state index is -3.16. The molecule has 0 aromatic heterocycles. The lowest BCUT2D eigenvalue weighted by molar-refractivity contribution is 0.254. The summed E-state index contributed by atoms with van der Waals surface area (Å²) in [4.78, 5) is 11.1. The second kappa shape index (κ2) is 14.3. The van der Waals surface area contributed by atoms with Gasteiger partial charge in [-0.15, -0.1) is 0 Å². The molecule has 154 valence electrons. The van der Waals surface area contributed by atoms with E-state index in [0.29, 0.717) is 5.69 Å². The van der Waals surface area contributed by atoms with Crippen LogP contribution in [0.1, 0.15) is 0 Å². The fourth-order valence-electron chi connectivity index (χ4n) is 1.42. The summed E-state index contributed by atoms with van der Waals surface area (Å²) in [6, 6.07) is 16.4. The van der Waals surface area contributed by atoms with Crippen LogP contribution in [-0.4, -0.2) is 49.1 Å². The van der Waals surface area contributed by atoms with Gasteiger partial charge in [-0.2, -0.15) is 18.6 Å². The number of nitrogens with one attached hydrogen (secondary N) is 2. The zero-order valence-corrected chi connectivity index (χ0v) is 17.4. The van der Waals surface area contributed by atoms with Crippen LogP contribution in [0.4, 0.5) is 21.9 Å². The monoisotopic (exact) mass is 410 g/mol. The Kier molecular flexibility index (Phi) is 12.8. The van der Waals surface area contributed by atoms with E-state index < -0.39 is 10.1 Å². The molecule has 0 radical (unpaired) electrons. The molecule has 2 N–H and O–H groups in total. The molecular weight excluding hydrogens is 384 g/mol. The number of hydrogen-bond donors (Lipinski definition) is 2. The molecule has 28 heavy (non-hydrogen) atoms. The number of hydrogen-bond acceptors (Lipinski definition) is 7. The van der Waals surface area contributed by atoms with Gasteiger partial charge in [-0.1, -0.05) is 18.2 Å². The van der Waals surface area contributed by atoms with Gasteiger partial charge in [0.2, 0.25) is 0 Å². The summed E-state index contributed by atoms with van der Waals surface area (Å²) in [7, 11) is 2.78. The zero-order chi connectivity index (χ0) is 21.4. The van der Waals surface area contributed by atoms with E-state index in [0.717, 1.165) is 24.7 Å². The van der Waals surface area contributed by atoms with E-state index in [1.54, 1.807) is 45.5 Å². The van der Waals surface area contributed by atoms with Gasteiger partial charge < -0.3 is 15.4 Å². The van der Waals surface area contributed by atoms with Crippen LogP contribution in [0.2, 0.25) is 0 Å². The summed E-state index contributed by atoms with van der Waals surface area (Å²) >= 11 is 0. The molecule has 0 heterocycles. The molecule has 10 heteroatoms. The fraction of sp³-hybridized carbons (Fsp3) is 0.278. The highest BCUT2D eigenvalue weighted by Crippen LogP contribution is 2.19. The Bertz CT molecular complexity index is 810. The largest absolute Gasteiger partial charge is 0.388 e. The van der Waals surface area contributed by atoms with Gasteiger partial charge in [0.1, 0.15) is 0 Å². The summed E-state index contributed by atoms with van der Waals surface area (Å²) in [5, 5.41) is 13.4. The minimum absolute atomic E-state index is 0.251. The predicted octanol–water partition coefficient (Wildman–Crippen LogP) is 3.71. The molecule has 0 saturated carbocycles. The second-order valence-corrected chi connectivity index (χ2v) is 6.81. The first-order valence-corrected chi connectivity index (χ1v) is 9.78. The summed E-state index contributed by atoms with van der Waals surface area (Å²) in [5.74, 6) is 0. The van der Waals surface area contributed by atoms with Crippen molar-refractivity contribution in [3.8, 4) is 0 Å². The quantitative estimate of drug-likeness (QED) is 0.588. The van der Waals surface area contributed by atoms with Crippen LogP contribution in [0, 0.1) is 0 Å². The van der Waals surface area contributed by atoms with Crippen LogP contribution >= 0.6 is 0 Å². The van der Waals surface area contributed by atoms with Crippen molar-refractivity contribution < 1.29 is 22.1 Å². The number of urea groups is 1. The van der Waals surface area contributed by atoms with Crippen molar-refractivity contribution in [2.24, 2.45) is 10.2 Å². The van der Waals surface area contributed by atoms with Crippen molar-refractivity contribution in [2.75, 3.05) is 39.9 Å². The highest BCUT2D eigenvalue weighted by Gasteiger charge is 1.98. The van der Waals surface area contributed by atoms with Crippen molar-refractivity contribution in [1.82, 2.24) is 5.32 Å². The zero-order valence-electron chi connectivity index (χ0n) is 16.5. The van der Waals surface area contributed by atoms with Gasteiger partial charge in [0.25, 0.3) is 10.1 Å². The minimum Gasteiger partial charge on any atom is -0.388 e. The summed E-state index contributed by atoms with van der Waals surface area (Å²) in [6.45, 7) is 0. The SMILES string of the molecule is CNC(=O)Nc1ccc(N=Nc2ccccc2)cc1.COC.COS(C)(=O)=O. The molecule has 9 nitrogen and oxygen atoms in total. The van der Waals surface area contributed by atoms with Crippen LogP contribution in [0.3, 0.4) is 0 Å². The third-order valence-corrected chi connectivity index (χ3v) is 3.30. The van der Waals surface area contributed by atoms with E-state index in [9.17, 15) is 13.2 Å². The van der Waals surface area contributed by atoms with Crippen molar-refractivity contribution >= 4 is 33.2 Å². The number of amides is 2. The average Bonchev–Trinajstić information content (AvgIpc) is 2.69. The van der Waals surface area contributed by atoms with Gasteiger partial charge in [-0.25, -0.2) is 4.79 Å². The molecule has 0 bridgehead atoms. The number of rotatable bonds is 4. The summed E-state index contributed by atoms with van der Waals surface area (Å²) < 4.78 is 27.7. The Labute approximate surface area is 165 Å². The number of anilines is 1. The van der Waals surface area contributed by atoms with Gasteiger partial charge in [-0.3, -0.25) is 4.18 Å². The van der Waals surface area contributed by atoms with E-state index in [4.69, 9.17) is 0 Å². The third kappa shape index (κ3) is 13.4. The average molecular weight is 410 g/mol. The van der Waals surface area contributed by atoms with Gasteiger partial charge in [0, 0.05) is 27.0 Å². The Balaban J connectivity index is 0.000000683. The van der Waals surface area contributed by atoms with E-state index in [2.05, 4.69) is 29.8 Å². The van der Waals surface area contributed by atoms with Crippen LogP contribution < -0.4 is 10.6 Å². The van der Waals surface area contributed by atoms with Crippen molar-refractivity contribution in [3.05, 3.63) is 54.6 Å². The van der Waals surface area contributed by atoms with E-state index >= 15 is 0 Å². The van der Waals surface area contributed by atoms with Crippen molar-refractivity contribution in [3.63, 3.8) is 0 Å². The van der Waals surface area contributed by atoms with E-state index in [-0.39, 0.29) is 6.03 Å². The maximum atomic E-state index is 11.1. The Morgan fingerprint density at radius 3 is 1.71 bits per heavy atom. The van der Waals surface area contributed by atoms with Crippen molar-refractivity contribution in [1.29, 1.82) is 0 Å². The van der Waals surface area contributed by atoms with Gasteiger partial charge >= 0.3 is 6.03 Å². The van der Waals surface area contributed by atoms with Gasteiger partial charge in [0.05, 0.1) is 24.7 Å². The third-order valence-electron chi connectivity index (χ3n) is 2.69. The second-order valence-electron chi connectivity index (χ2n) is 5.07. The predicted molar refractivity (Wildman–Crippen MR) is 110 cm³/mol. The number of nitrogens with zero attached hydrogens (tertiary/aromatic N) is 2. The molecule has 2 aromatic carbocycles.